The van der Waals surface area contributed by atoms with Crippen LogP contribution in [0.25, 0.3) is 44.2 Å². The summed E-state index contributed by atoms with van der Waals surface area (Å²) in [4.78, 5) is 6.53. The van der Waals surface area contributed by atoms with E-state index in [9.17, 15) is 5.41 Å². The van der Waals surface area contributed by atoms with Gasteiger partial charge in [0.1, 0.15) is 17.0 Å². The molecule has 5 aromatic carbocycles. The van der Waals surface area contributed by atoms with Crippen molar-refractivity contribution < 1.29 is 4.42 Å². The number of aryl methyl sites for hydroxylation is 2. The zero-order valence-electron chi connectivity index (χ0n) is 28.5. The highest BCUT2D eigenvalue weighted by Gasteiger charge is 2.28. The van der Waals surface area contributed by atoms with E-state index < -0.39 is 0 Å². The van der Waals surface area contributed by atoms with Gasteiger partial charge in [-0.25, -0.2) is 0 Å². The summed E-state index contributed by atoms with van der Waals surface area (Å²) >= 11 is 0. The molecule has 4 nitrogen and oxygen atoms in total. The van der Waals surface area contributed by atoms with Crippen molar-refractivity contribution in [2.45, 2.75) is 53.4 Å². The van der Waals surface area contributed by atoms with Crippen molar-refractivity contribution in [1.82, 2.24) is 4.98 Å². The van der Waals surface area contributed by atoms with E-state index in [2.05, 4.69) is 136 Å². The molecule has 0 atom stereocenters. The first-order chi connectivity index (χ1) is 23.2. The minimum Gasteiger partial charge on any atom is -0.455 e. The summed E-state index contributed by atoms with van der Waals surface area (Å²) in [7, 11) is 0. The smallest absolute Gasteiger partial charge is 0.146 e. The molecule has 4 heteroatoms. The molecular formula is C44H41N3O. The van der Waals surface area contributed by atoms with Gasteiger partial charge >= 0.3 is 0 Å². The van der Waals surface area contributed by atoms with Gasteiger partial charge in [0, 0.05) is 23.2 Å². The van der Waals surface area contributed by atoms with E-state index in [4.69, 9.17) is 4.42 Å². The molecule has 7 aromatic rings. The molecule has 0 unspecified atom stereocenters. The van der Waals surface area contributed by atoms with Crippen LogP contribution in [0.5, 0.6) is 0 Å². The molecule has 0 bridgehead atoms. The maximum atomic E-state index is 9.96. The van der Waals surface area contributed by atoms with Gasteiger partial charge in [-0.1, -0.05) is 118 Å². The molecule has 0 saturated heterocycles. The lowest BCUT2D eigenvalue weighted by atomic mass is 9.89. The average Bonchev–Trinajstić information content (AvgIpc) is 3.48. The summed E-state index contributed by atoms with van der Waals surface area (Å²) in [5, 5.41) is 12.0. The summed E-state index contributed by atoms with van der Waals surface area (Å²) in [5.41, 5.74) is 13.6. The lowest BCUT2D eigenvalue weighted by Gasteiger charge is -2.33. The fourth-order valence-corrected chi connectivity index (χ4v) is 6.81. The molecule has 0 amide bonds. The Labute approximate surface area is 283 Å². The van der Waals surface area contributed by atoms with Gasteiger partial charge < -0.3 is 4.42 Å². The number of aromatic nitrogens is 1. The number of rotatable bonds is 7. The first kappa shape index (κ1) is 31.1. The number of pyridine rings is 1. The van der Waals surface area contributed by atoms with Crippen LogP contribution in [-0.2, 0) is 0 Å². The third-order valence-electron chi connectivity index (χ3n) is 9.32. The number of fused-ring (bicyclic) bond motifs is 3. The second-order valence-electron chi connectivity index (χ2n) is 13.4. The number of nitrogens with one attached hydrogen (secondary N) is 1. The number of anilines is 2. The Morgan fingerprint density at radius 3 is 1.94 bits per heavy atom. The lowest BCUT2D eigenvalue weighted by molar-refractivity contribution is 0.668. The summed E-state index contributed by atoms with van der Waals surface area (Å²) in [6.07, 6.45) is 3.69. The highest BCUT2D eigenvalue weighted by Crippen LogP contribution is 2.43. The van der Waals surface area contributed by atoms with E-state index >= 15 is 0 Å². The maximum Gasteiger partial charge on any atom is 0.146 e. The van der Waals surface area contributed by atoms with Gasteiger partial charge in [0.2, 0.25) is 0 Å². The van der Waals surface area contributed by atoms with Gasteiger partial charge in [-0.2, -0.15) is 0 Å². The van der Waals surface area contributed by atoms with E-state index in [0.29, 0.717) is 5.84 Å². The third-order valence-corrected chi connectivity index (χ3v) is 9.32. The van der Waals surface area contributed by atoms with Crippen LogP contribution in [0.4, 0.5) is 11.4 Å². The Kier molecular flexibility index (Phi) is 8.18. The second-order valence-corrected chi connectivity index (χ2v) is 13.4. The number of benzene rings is 5. The summed E-state index contributed by atoms with van der Waals surface area (Å²) in [5.74, 6) is 0.896. The molecule has 7 rings (SSSR count). The van der Waals surface area contributed by atoms with Crippen molar-refractivity contribution in [2.75, 3.05) is 4.90 Å². The van der Waals surface area contributed by atoms with Crippen LogP contribution in [0.15, 0.2) is 126 Å². The number of amidine groups is 1. The van der Waals surface area contributed by atoms with Crippen molar-refractivity contribution in [3.8, 4) is 22.3 Å². The maximum absolute atomic E-state index is 9.96. The zero-order chi connectivity index (χ0) is 33.5. The van der Waals surface area contributed by atoms with E-state index in [0.717, 1.165) is 55.6 Å². The van der Waals surface area contributed by atoms with Gasteiger partial charge in [0.25, 0.3) is 0 Å². The van der Waals surface area contributed by atoms with Crippen LogP contribution < -0.4 is 4.90 Å². The number of para-hydroxylation sites is 1. The van der Waals surface area contributed by atoms with Crippen LogP contribution in [0.3, 0.4) is 0 Å². The number of hydrogen-bond donors (Lipinski definition) is 1. The Hall–Kier alpha value is -5.48. The molecule has 0 saturated carbocycles. The Balaban J connectivity index is 1.37. The van der Waals surface area contributed by atoms with Crippen LogP contribution in [0, 0.1) is 19.3 Å². The summed E-state index contributed by atoms with van der Waals surface area (Å²) in [6.45, 7) is 13.2. The van der Waals surface area contributed by atoms with E-state index in [1.165, 1.54) is 27.8 Å². The molecule has 0 aliphatic carbocycles. The van der Waals surface area contributed by atoms with Crippen molar-refractivity contribution in [2.24, 2.45) is 0 Å². The van der Waals surface area contributed by atoms with E-state index in [-0.39, 0.29) is 11.8 Å². The molecule has 0 aliphatic rings. The number of furan rings is 1. The van der Waals surface area contributed by atoms with Crippen molar-refractivity contribution >= 4 is 39.1 Å². The number of hydrogen-bond acceptors (Lipinski definition) is 3. The minimum absolute atomic E-state index is 0.261. The molecule has 2 aromatic heterocycles. The highest BCUT2D eigenvalue weighted by atomic mass is 16.3. The summed E-state index contributed by atoms with van der Waals surface area (Å²) < 4.78 is 6.71. The molecule has 0 fully saturated rings. The molecule has 0 radical (unpaired) electrons. The van der Waals surface area contributed by atoms with Crippen molar-refractivity contribution in [3.05, 3.63) is 149 Å². The first-order valence-corrected chi connectivity index (χ1v) is 16.8. The average molecular weight is 628 g/mol. The van der Waals surface area contributed by atoms with Crippen molar-refractivity contribution in [1.29, 1.82) is 5.41 Å². The molecule has 48 heavy (non-hydrogen) atoms. The topological polar surface area (TPSA) is 53.1 Å². The molecule has 2 heterocycles. The molecule has 1 N–H and O–H groups in total. The largest absolute Gasteiger partial charge is 0.455 e. The molecule has 0 spiro atoms. The van der Waals surface area contributed by atoms with Gasteiger partial charge in [-0.15, -0.1) is 0 Å². The van der Waals surface area contributed by atoms with Crippen LogP contribution in [0.1, 0.15) is 67.3 Å². The molecular weight excluding hydrogens is 587 g/mol. The minimum atomic E-state index is 0.261. The fourth-order valence-electron chi connectivity index (χ4n) is 6.81. The van der Waals surface area contributed by atoms with Crippen LogP contribution >= 0.6 is 0 Å². The monoisotopic (exact) mass is 627 g/mol. The summed E-state index contributed by atoms with van der Waals surface area (Å²) in [6, 6.07) is 38.3. The standard InChI is InChI=1S/C44H41N3O/c1-27(2)38-23-29(5)24-39(28(3)4)42(38)47(40-21-22-46-26-30(40)6)44(45)37-14-10-13-36-35-20-19-34(25-41(35)48-43(36)37)33-17-15-32(16-18-33)31-11-8-7-9-12-31/h7-28,45H,1-6H3. The fraction of sp³-hybridized carbons (Fsp3) is 0.182. The zero-order valence-corrected chi connectivity index (χ0v) is 28.5. The van der Waals surface area contributed by atoms with Gasteiger partial charge in [0.15, 0.2) is 0 Å². The quantitative estimate of drug-likeness (QED) is 0.141. The Morgan fingerprint density at radius 2 is 1.29 bits per heavy atom. The predicted molar refractivity (Wildman–Crippen MR) is 202 cm³/mol. The second kappa shape index (κ2) is 12.6. The number of nitrogens with zero attached hydrogens (tertiary/aromatic N) is 2. The van der Waals surface area contributed by atoms with Crippen LogP contribution in [0.2, 0.25) is 0 Å². The molecule has 238 valence electrons. The highest BCUT2D eigenvalue weighted by molar-refractivity contribution is 6.21. The van der Waals surface area contributed by atoms with Gasteiger partial charge in [0.05, 0.1) is 16.9 Å². The first-order valence-electron chi connectivity index (χ1n) is 16.8. The van der Waals surface area contributed by atoms with Gasteiger partial charge in [-0.3, -0.25) is 15.3 Å². The van der Waals surface area contributed by atoms with E-state index in [1.807, 2.05) is 36.7 Å². The Bertz CT molecular complexity index is 2250. The third kappa shape index (κ3) is 5.58. The van der Waals surface area contributed by atoms with Gasteiger partial charge in [-0.05, 0) is 88.9 Å². The normalized spacial score (nSPS) is 11.6. The Morgan fingerprint density at radius 1 is 0.667 bits per heavy atom. The van der Waals surface area contributed by atoms with Crippen molar-refractivity contribution in [3.63, 3.8) is 0 Å². The van der Waals surface area contributed by atoms with E-state index in [1.54, 1.807) is 0 Å². The van der Waals surface area contributed by atoms with Crippen LogP contribution in [-0.4, -0.2) is 10.8 Å². The molecule has 0 aliphatic heterocycles. The SMILES string of the molecule is Cc1cc(C(C)C)c(N(C(=N)c2cccc3c2oc2cc(-c4ccc(-c5ccccc5)cc4)ccc23)c2ccncc2C)c(C(C)C)c1. The predicted octanol–water partition coefficient (Wildman–Crippen LogP) is 12.3. The lowest BCUT2D eigenvalue weighted by Crippen LogP contribution is -2.29.